The lowest BCUT2D eigenvalue weighted by Crippen LogP contribution is -2.01. The van der Waals surface area contributed by atoms with Crippen LogP contribution in [-0.2, 0) is 0 Å². The Balaban J connectivity index is 1.81. The maximum Gasteiger partial charge on any atom is 0.0480 e. The minimum atomic E-state index is 0.768. The predicted molar refractivity (Wildman–Crippen MR) is 164 cm³/mol. The number of benzene rings is 7. The molecule has 0 fully saturated rings. The molecule has 0 aliphatic rings. The van der Waals surface area contributed by atoms with Gasteiger partial charge in [-0.2, -0.15) is 0 Å². The van der Waals surface area contributed by atoms with Crippen LogP contribution in [0.2, 0.25) is 0 Å². The number of rotatable bonds is 3. The van der Waals surface area contributed by atoms with Crippen LogP contribution in [-0.4, -0.2) is 0 Å². The van der Waals surface area contributed by atoms with E-state index in [1.54, 1.807) is 0 Å². The number of hydrogen-bond donors (Lipinski definition) is 2. The van der Waals surface area contributed by atoms with Crippen LogP contribution >= 0.6 is 0 Å². The Morgan fingerprint density at radius 3 is 1.63 bits per heavy atom. The normalized spacial score (nSPS) is 11.4. The van der Waals surface area contributed by atoms with Crippen molar-refractivity contribution in [3.05, 3.63) is 133 Å². The molecule has 180 valence electrons. The largest absolute Gasteiger partial charge is 0.398 e. The van der Waals surface area contributed by atoms with Crippen LogP contribution < -0.4 is 11.5 Å². The zero-order valence-electron chi connectivity index (χ0n) is 20.9. The van der Waals surface area contributed by atoms with Crippen molar-refractivity contribution in [2.45, 2.75) is 0 Å². The van der Waals surface area contributed by atoms with Crippen molar-refractivity contribution < 1.29 is 0 Å². The van der Waals surface area contributed by atoms with Crippen molar-refractivity contribution >= 4 is 43.7 Å². The van der Waals surface area contributed by atoms with Gasteiger partial charge in [-0.25, -0.2) is 0 Å². The van der Waals surface area contributed by atoms with E-state index in [2.05, 4.69) is 115 Å². The molecular weight excluding hydrogens is 460 g/mol. The quantitative estimate of drug-likeness (QED) is 0.193. The van der Waals surface area contributed by atoms with Gasteiger partial charge < -0.3 is 11.5 Å². The summed E-state index contributed by atoms with van der Waals surface area (Å²) in [7, 11) is 0. The van der Waals surface area contributed by atoms with Crippen molar-refractivity contribution in [2.75, 3.05) is 11.5 Å². The molecule has 38 heavy (non-hydrogen) atoms. The first kappa shape index (κ1) is 22.1. The summed E-state index contributed by atoms with van der Waals surface area (Å²) in [4.78, 5) is 0. The van der Waals surface area contributed by atoms with Crippen molar-refractivity contribution in [3.63, 3.8) is 0 Å². The molecule has 0 spiro atoms. The molecule has 0 aliphatic heterocycles. The lowest BCUT2D eigenvalue weighted by molar-refractivity contribution is 1.59. The van der Waals surface area contributed by atoms with Gasteiger partial charge in [-0.15, -0.1) is 0 Å². The van der Waals surface area contributed by atoms with Crippen molar-refractivity contribution in [1.29, 1.82) is 0 Å². The molecule has 7 aromatic rings. The Morgan fingerprint density at radius 2 is 0.921 bits per heavy atom. The highest BCUT2D eigenvalue weighted by Gasteiger charge is 2.24. The van der Waals surface area contributed by atoms with Crippen molar-refractivity contribution in [1.82, 2.24) is 0 Å². The maximum atomic E-state index is 7.07. The molecule has 7 aromatic carbocycles. The summed E-state index contributed by atoms with van der Waals surface area (Å²) in [6.07, 6.45) is 0. The van der Waals surface area contributed by atoms with Crippen LogP contribution in [0.3, 0.4) is 0 Å². The highest BCUT2D eigenvalue weighted by atomic mass is 14.6. The third-order valence-electron chi connectivity index (χ3n) is 7.55. The van der Waals surface area contributed by atoms with Crippen LogP contribution in [0, 0.1) is 0 Å². The summed E-state index contributed by atoms with van der Waals surface area (Å²) in [6, 6.07) is 46.6. The second-order valence-electron chi connectivity index (χ2n) is 9.73. The smallest absolute Gasteiger partial charge is 0.0480 e. The molecular formula is C36H26N2. The topological polar surface area (TPSA) is 52.0 Å². The van der Waals surface area contributed by atoms with Crippen molar-refractivity contribution in [3.8, 4) is 33.4 Å². The van der Waals surface area contributed by atoms with E-state index in [9.17, 15) is 0 Å². The Kier molecular flexibility index (Phi) is 5.12. The van der Waals surface area contributed by atoms with E-state index in [4.69, 9.17) is 11.5 Å². The molecule has 7 rings (SSSR count). The molecule has 0 amide bonds. The third kappa shape index (κ3) is 3.35. The highest BCUT2D eigenvalue weighted by molar-refractivity contribution is 6.25. The van der Waals surface area contributed by atoms with Crippen molar-refractivity contribution in [2.24, 2.45) is 0 Å². The Hall–Kier alpha value is -5.08. The van der Waals surface area contributed by atoms with Gasteiger partial charge in [0.05, 0.1) is 0 Å². The second kappa shape index (κ2) is 8.79. The van der Waals surface area contributed by atoms with Crippen LogP contribution in [0.5, 0.6) is 0 Å². The molecule has 2 nitrogen and oxygen atoms in total. The van der Waals surface area contributed by atoms with E-state index >= 15 is 0 Å². The summed E-state index contributed by atoms with van der Waals surface area (Å²) in [5.41, 5.74) is 22.1. The van der Waals surface area contributed by atoms with Gasteiger partial charge in [-0.3, -0.25) is 0 Å². The SMILES string of the molecule is Nc1c(-c2ccccc2)c(-c2ccccc2)c(-c2c3ccccc3cc3cccc(N)c23)c2ccccc12. The first-order chi connectivity index (χ1) is 18.7. The average Bonchev–Trinajstić information content (AvgIpc) is 2.97. The summed E-state index contributed by atoms with van der Waals surface area (Å²) < 4.78 is 0. The molecule has 0 aromatic heterocycles. The number of nitrogen functional groups attached to an aromatic ring is 2. The fourth-order valence-corrected chi connectivity index (χ4v) is 5.93. The van der Waals surface area contributed by atoms with Gasteiger partial charge in [0.25, 0.3) is 0 Å². The van der Waals surface area contributed by atoms with E-state index in [1.165, 1.54) is 10.8 Å². The van der Waals surface area contributed by atoms with Gasteiger partial charge in [0.1, 0.15) is 0 Å². The van der Waals surface area contributed by atoms with E-state index in [0.29, 0.717) is 0 Å². The van der Waals surface area contributed by atoms with Crippen LogP contribution in [0.4, 0.5) is 11.4 Å². The fraction of sp³-hybridized carbons (Fsp3) is 0. The number of nitrogens with two attached hydrogens (primary N) is 2. The van der Waals surface area contributed by atoms with E-state index in [0.717, 1.165) is 66.3 Å². The van der Waals surface area contributed by atoms with E-state index < -0.39 is 0 Å². The van der Waals surface area contributed by atoms with Gasteiger partial charge in [0.15, 0.2) is 0 Å². The molecule has 0 atom stereocenters. The predicted octanol–water partition coefficient (Wildman–Crippen LogP) is 9.31. The van der Waals surface area contributed by atoms with Crippen LogP contribution in [0.1, 0.15) is 0 Å². The number of anilines is 2. The van der Waals surface area contributed by atoms with Crippen LogP contribution in [0.25, 0.3) is 65.7 Å². The van der Waals surface area contributed by atoms with Gasteiger partial charge in [-0.05, 0) is 50.4 Å². The molecule has 0 unspecified atom stereocenters. The summed E-state index contributed by atoms with van der Waals surface area (Å²) in [6.45, 7) is 0. The zero-order valence-corrected chi connectivity index (χ0v) is 20.9. The first-order valence-corrected chi connectivity index (χ1v) is 12.9. The minimum absolute atomic E-state index is 0.768. The molecule has 0 saturated heterocycles. The molecule has 2 heteroatoms. The summed E-state index contributed by atoms with van der Waals surface area (Å²) >= 11 is 0. The molecule has 0 bridgehead atoms. The molecule has 0 radical (unpaired) electrons. The molecule has 0 aliphatic carbocycles. The minimum Gasteiger partial charge on any atom is -0.398 e. The second-order valence-corrected chi connectivity index (χ2v) is 9.73. The fourth-order valence-electron chi connectivity index (χ4n) is 5.93. The molecule has 0 saturated carbocycles. The van der Waals surface area contributed by atoms with Gasteiger partial charge in [-0.1, -0.05) is 121 Å². The van der Waals surface area contributed by atoms with Crippen LogP contribution in [0.15, 0.2) is 133 Å². The Bertz CT molecular complexity index is 1970. The Labute approximate surface area is 221 Å². The lowest BCUT2D eigenvalue weighted by atomic mass is 9.80. The summed E-state index contributed by atoms with van der Waals surface area (Å²) in [5, 5.41) is 6.70. The third-order valence-corrected chi connectivity index (χ3v) is 7.55. The first-order valence-electron chi connectivity index (χ1n) is 12.9. The van der Waals surface area contributed by atoms with E-state index in [-0.39, 0.29) is 0 Å². The van der Waals surface area contributed by atoms with Gasteiger partial charge in [0, 0.05) is 38.8 Å². The van der Waals surface area contributed by atoms with Gasteiger partial charge in [0.2, 0.25) is 0 Å². The Morgan fingerprint density at radius 1 is 0.368 bits per heavy atom. The standard InChI is InChI=1S/C36H26N2/c37-30-21-11-17-26-22-25-16-7-8-18-27(25)34(31(26)30)35-28-19-9-10-20-29(28)36(38)33(24-14-5-2-6-15-24)32(35)23-12-3-1-4-13-23/h1-22H,37-38H2. The summed E-state index contributed by atoms with van der Waals surface area (Å²) in [5.74, 6) is 0. The zero-order chi connectivity index (χ0) is 25.6. The van der Waals surface area contributed by atoms with E-state index in [1.807, 2.05) is 18.2 Å². The lowest BCUT2D eigenvalue weighted by Gasteiger charge is -2.24. The maximum absolute atomic E-state index is 7.07. The number of hydrogen-bond acceptors (Lipinski definition) is 2. The highest BCUT2D eigenvalue weighted by Crippen LogP contribution is 2.52. The monoisotopic (exact) mass is 486 g/mol. The average molecular weight is 487 g/mol. The molecule has 4 N–H and O–H groups in total. The molecule has 0 heterocycles. The van der Waals surface area contributed by atoms with Gasteiger partial charge >= 0.3 is 0 Å². The number of fused-ring (bicyclic) bond motifs is 3.